The summed E-state index contributed by atoms with van der Waals surface area (Å²) in [5.74, 6) is 0.852. The summed E-state index contributed by atoms with van der Waals surface area (Å²) < 4.78 is 0. The minimum absolute atomic E-state index is 0.409. The summed E-state index contributed by atoms with van der Waals surface area (Å²) in [5, 5.41) is 0. The van der Waals surface area contributed by atoms with Crippen molar-refractivity contribution in [2.24, 2.45) is 16.7 Å². The van der Waals surface area contributed by atoms with E-state index in [1.807, 2.05) is 0 Å². The standard InChI is InChI=1S/C16H26/c1-6-13-12(2)8-9-14-15(3,4)10-7-11-16(13,14)5/h6,14H,1,7-11H2,2-5H3/t14-,16+/m0/s1. The molecule has 2 aliphatic rings. The Balaban J connectivity index is 2.46. The highest BCUT2D eigenvalue weighted by Gasteiger charge is 2.49. The summed E-state index contributed by atoms with van der Waals surface area (Å²) in [6, 6.07) is 0. The zero-order chi connectivity index (χ0) is 12.0. The minimum atomic E-state index is 0.409. The third-order valence-corrected chi connectivity index (χ3v) is 5.32. The maximum Gasteiger partial charge on any atom is -0.00426 e. The van der Waals surface area contributed by atoms with Crippen LogP contribution in [-0.2, 0) is 0 Å². The Bertz CT molecular complexity index is 332. The first-order chi connectivity index (χ1) is 7.42. The first-order valence-electron chi connectivity index (χ1n) is 6.74. The van der Waals surface area contributed by atoms with Crippen molar-refractivity contribution in [1.82, 2.24) is 0 Å². The molecule has 0 nitrogen and oxygen atoms in total. The van der Waals surface area contributed by atoms with Crippen LogP contribution in [0.25, 0.3) is 0 Å². The molecule has 0 aromatic carbocycles. The average molecular weight is 218 g/mol. The van der Waals surface area contributed by atoms with E-state index in [-0.39, 0.29) is 0 Å². The van der Waals surface area contributed by atoms with Gasteiger partial charge in [-0.05, 0) is 54.9 Å². The van der Waals surface area contributed by atoms with Gasteiger partial charge in [-0.25, -0.2) is 0 Å². The van der Waals surface area contributed by atoms with Crippen molar-refractivity contribution in [2.45, 2.75) is 59.8 Å². The molecule has 2 atom stereocenters. The maximum atomic E-state index is 4.06. The van der Waals surface area contributed by atoms with E-state index in [9.17, 15) is 0 Å². The summed E-state index contributed by atoms with van der Waals surface area (Å²) in [6.45, 7) is 13.8. The molecular weight excluding hydrogens is 192 g/mol. The fraction of sp³-hybridized carbons (Fsp3) is 0.750. The lowest BCUT2D eigenvalue weighted by atomic mass is 9.50. The van der Waals surface area contributed by atoms with Gasteiger partial charge in [-0.1, -0.05) is 45.4 Å². The maximum absolute atomic E-state index is 4.06. The van der Waals surface area contributed by atoms with Crippen LogP contribution in [0.2, 0.25) is 0 Å². The highest BCUT2D eigenvalue weighted by atomic mass is 14.5. The Labute approximate surface area is 101 Å². The van der Waals surface area contributed by atoms with E-state index in [1.54, 1.807) is 11.1 Å². The molecule has 16 heavy (non-hydrogen) atoms. The number of allylic oxidation sites excluding steroid dienone is 3. The molecule has 0 heteroatoms. The van der Waals surface area contributed by atoms with Crippen LogP contribution in [0.5, 0.6) is 0 Å². The van der Waals surface area contributed by atoms with Gasteiger partial charge in [0.2, 0.25) is 0 Å². The van der Waals surface area contributed by atoms with Gasteiger partial charge >= 0.3 is 0 Å². The quantitative estimate of drug-likeness (QED) is 0.573. The summed E-state index contributed by atoms with van der Waals surface area (Å²) >= 11 is 0. The summed E-state index contributed by atoms with van der Waals surface area (Å²) in [7, 11) is 0. The third-order valence-electron chi connectivity index (χ3n) is 5.32. The molecule has 2 rings (SSSR count). The van der Waals surface area contributed by atoms with Gasteiger partial charge in [0, 0.05) is 0 Å². The lowest BCUT2D eigenvalue weighted by Crippen LogP contribution is -2.45. The number of hydrogen-bond acceptors (Lipinski definition) is 0. The van der Waals surface area contributed by atoms with E-state index in [1.165, 1.54) is 32.1 Å². The van der Waals surface area contributed by atoms with E-state index in [4.69, 9.17) is 0 Å². The zero-order valence-electron chi connectivity index (χ0n) is 11.4. The molecule has 0 radical (unpaired) electrons. The van der Waals surface area contributed by atoms with Crippen LogP contribution in [0.1, 0.15) is 59.8 Å². The van der Waals surface area contributed by atoms with Crippen LogP contribution >= 0.6 is 0 Å². The zero-order valence-corrected chi connectivity index (χ0v) is 11.4. The molecule has 2 aliphatic carbocycles. The summed E-state index contributed by atoms with van der Waals surface area (Å²) in [5.41, 5.74) is 4.08. The van der Waals surface area contributed by atoms with Crippen molar-refractivity contribution in [1.29, 1.82) is 0 Å². The van der Waals surface area contributed by atoms with E-state index in [2.05, 4.69) is 40.3 Å². The smallest absolute Gasteiger partial charge is 0.00426 e. The number of rotatable bonds is 1. The van der Waals surface area contributed by atoms with E-state index >= 15 is 0 Å². The Morgan fingerprint density at radius 3 is 2.56 bits per heavy atom. The van der Waals surface area contributed by atoms with Crippen molar-refractivity contribution in [3.05, 3.63) is 23.8 Å². The monoisotopic (exact) mass is 218 g/mol. The predicted octanol–water partition coefficient (Wildman–Crippen LogP) is 5.12. The predicted molar refractivity (Wildman–Crippen MR) is 71.4 cm³/mol. The Kier molecular flexibility index (Phi) is 2.80. The Hall–Kier alpha value is -0.520. The Morgan fingerprint density at radius 2 is 1.94 bits per heavy atom. The van der Waals surface area contributed by atoms with Gasteiger partial charge in [0.05, 0.1) is 0 Å². The molecule has 0 heterocycles. The normalized spacial score (nSPS) is 38.1. The summed E-state index contributed by atoms with van der Waals surface area (Å²) in [4.78, 5) is 0. The third kappa shape index (κ3) is 1.58. The molecule has 0 aromatic rings. The first kappa shape index (κ1) is 12.0. The molecular formula is C16H26. The topological polar surface area (TPSA) is 0 Å². The van der Waals surface area contributed by atoms with Gasteiger partial charge in [-0.2, -0.15) is 0 Å². The van der Waals surface area contributed by atoms with Gasteiger partial charge in [0.25, 0.3) is 0 Å². The van der Waals surface area contributed by atoms with Crippen molar-refractivity contribution < 1.29 is 0 Å². The van der Waals surface area contributed by atoms with Crippen LogP contribution in [0.4, 0.5) is 0 Å². The SMILES string of the molecule is C=CC1=C(C)CC[C@H]2C(C)(C)CCC[C@]12C. The largest absolute Gasteiger partial charge is 0.0988 e. The molecule has 0 aromatic heterocycles. The fourth-order valence-electron chi connectivity index (χ4n) is 4.54. The highest BCUT2D eigenvalue weighted by molar-refractivity contribution is 5.34. The van der Waals surface area contributed by atoms with Crippen LogP contribution < -0.4 is 0 Å². The van der Waals surface area contributed by atoms with Crippen molar-refractivity contribution in [3.63, 3.8) is 0 Å². The van der Waals surface area contributed by atoms with Gasteiger partial charge < -0.3 is 0 Å². The number of fused-ring (bicyclic) bond motifs is 1. The average Bonchev–Trinajstić information content (AvgIpc) is 2.15. The van der Waals surface area contributed by atoms with E-state index < -0.39 is 0 Å². The second-order valence-electron chi connectivity index (χ2n) is 6.75. The number of hydrogen-bond donors (Lipinski definition) is 0. The van der Waals surface area contributed by atoms with Crippen LogP contribution in [-0.4, -0.2) is 0 Å². The molecule has 0 bridgehead atoms. The van der Waals surface area contributed by atoms with Crippen molar-refractivity contribution >= 4 is 0 Å². The van der Waals surface area contributed by atoms with Crippen LogP contribution in [0.15, 0.2) is 23.8 Å². The molecule has 0 spiro atoms. The molecule has 90 valence electrons. The molecule has 1 saturated carbocycles. The van der Waals surface area contributed by atoms with Gasteiger partial charge in [0.15, 0.2) is 0 Å². The Morgan fingerprint density at radius 1 is 1.25 bits per heavy atom. The van der Waals surface area contributed by atoms with Crippen molar-refractivity contribution in [2.75, 3.05) is 0 Å². The van der Waals surface area contributed by atoms with E-state index in [0.29, 0.717) is 10.8 Å². The minimum Gasteiger partial charge on any atom is -0.0988 e. The van der Waals surface area contributed by atoms with Crippen LogP contribution in [0, 0.1) is 16.7 Å². The van der Waals surface area contributed by atoms with Gasteiger partial charge in [0.1, 0.15) is 0 Å². The molecule has 0 amide bonds. The second kappa shape index (κ2) is 3.75. The van der Waals surface area contributed by atoms with Crippen molar-refractivity contribution in [3.8, 4) is 0 Å². The molecule has 0 N–H and O–H groups in total. The lowest BCUT2D eigenvalue weighted by Gasteiger charge is -2.54. The fourth-order valence-corrected chi connectivity index (χ4v) is 4.54. The first-order valence-corrected chi connectivity index (χ1v) is 6.74. The molecule has 1 fully saturated rings. The van der Waals surface area contributed by atoms with Crippen LogP contribution in [0.3, 0.4) is 0 Å². The lowest BCUT2D eigenvalue weighted by molar-refractivity contribution is 0.0154. The van der Waals surface area contributed by atoms with Gasteiger partial charge in [-0.15, -0.1) is 0 Å². The molecule has 0 saturated heterocycles. The summed E-state index contributed by atoms with van der Waals surface area (Å²) in [6.07, 6.45) is 8.95. The molecule has 0 unspecified atom stereocenters. The second-order valence-corrected chi connectivity index (χ2v) is 6.75. The van der Waals surface area contributed by atoms with Gasteiger partial charge in [-0.3, -0.25) is 0 Å². The highest BCUT2D eigenvalue weighted by Crippen LogP contribution is 2.59. The van der Waals surface area contributed by atoms with E-state index in [0.717, 1.165) is 5.92 Å². The molecule has 0 aliphatic heterocycles.